The predicted octanol–water partition coefficient (Wildman–Crippen LogP) is 6.23. The average molecular weight is 500 g/mol. The number of ether oxygens (including phenoxy) is 2. The maximum Gasteiger partial charge on any atom is 0.295 e. The van der Waals surface area contributed by atoms with Gasteiger partial charge in [0.1, 0.15) is 17.3 Å². The van der Waals surface area contributed by atoms with Crippen LogP contribution in [0.5, 0.6) is 11.5 Å². The summed E-state index contributed by atoms with van der Waals surface area (Å²) in [5.74, 6) is 0.189. The molecule has 0 saturated carbocycles. The number of rotatable bonds is 9. The maximum absolute atomic E-state index is 13.3. The van der Waals surface area contributed by atoms with Crippen molar-refractivity contribution in [3.63, 3.8) is 0 Å². The van der Waals surface area contributed by atoms with Gasteiger partial charge in [-0.2, -0.15) is 0 Å². The van der Waals surface area contributed by atoms with Gasteiger partial charge in [-0.1, -0.05) is 57.2 Å². The lowest BCUT2D eigenvalue weighted by molar-refractivity contribution is -0.140. The molecule has 3 aromatic carbocycles. The number of Topliss-reactive ketones (excluding diaryl/α,β-unsaturated/α-hetero) is 1. The van der Waals surface area contributed by atoms with Gasteiger partial charge in [-0.05, 0) is 65.4 Å². The highest BCUT2D eigenvalue weighted by Gasteiger charge is 2.46. The highest BCUT2D eigenvalue weighted by atomic mass is 16.5. The van der Waals surface area contributed by atoms with Gasteiger partial charge in [-0.3, -0.25) is 9.59 Å². The molecule has 3 aromatic rings. The lowest BCUT2D eigenvalue weighted by Gasteiger charge is -2.26. The summed E-state index contributed by atoms with van der Waals surface area (Å²) in [6.45, 7) is 7.05. The largest absolute Gasteiger partial charge is 0.507 e. The third kappa shape index (κ3) is 5.53. The van der Waals surface area contributed by atoms with Gasteiger partial charge in [0, 0.05) is 12.1 Å². The van der Waals surface area contributed by atoms with E-state index in [4.69, 9.17) is 9.47 Å². The number of carbonyl (C=O) groups excluding carboxylic acids is 2. The molecule has 192 valence electrons. The Kier molecular flexibility index (Phi) is 7.97. The van der Waals surface area contributed by atoms with Crippen molar-refractivity contribution >= 4 is 17.4 Å². The van der Waals surface area contributed by atoms with Gasteiger partial charge in [0.25, 0.3) is 11.7 Å². The van der Waals surface area contributed by atoms with Crippen LogP contribution in [0.15, 0.2) is 78.4 Å². The fourth-order valence-corrected chi connectivity index (χ4v) is 4.46. The summed E-state index contributed by atoms with van der Waals surface area (Å²) in [6.07, 6.45) is 0.884. The van der Waals surface area contributed by atoms with Crippen molar-refractivity contribution in [3.8, 4) is 11.5 Å². The number of hydrogen-bond acceptors (Lipinski definition) is 5. The van der Waals surface area contributed by atoms with Crippen molar-refractivity contribution < 1.29 is 24.2 Å². The minimum atomic E-state index is -0.723. The second kappa shape index (κ2) is 11.3. The van der Waals surface area contributed by atoms with Crippen LogP contribution in [-0.4, -0.2) is 35.4 Å². The number of nitrogens with zero attached hydrogens (tertiary/aromatic N) is 1. The van der Waals surface area contributed by atoms with Crippen LogP contribution in [0.25, 0.3) is 5.76 Å². The molecule has 1 atom stereocenters. The number of methoxy groups -OCH3 is 1. The molecular weight excluding hydrogens is 466 g/mol. The lowest BCUT2D eigenvalue weighted by Crippen LogP contribution is -2.29. The second-order valence-electron chi connectivity index (χ2n) is 9.47. The smallest absolute Gasteiger partial charge is 0.295 e. The molecule has 37 heavy (non-hydrogen) atoms. The summed E-state index contributed by atoms with van der Waals surface area (Å²) in [4.78, 5) is 28.2. The van der Waals surface area contributed by atoms with E-state index in [-0.39, 0.29) is 17.9 Å². The molecule has 1 saturated heterocycles. The van der Waals surface area contributed by atoms with Crippen molar-refractivity contribution in [2.45, 2.75) is 45.7 Å². The van der Waals surface area contributed by atoms with Gasteiger partial charge < -0.3 is 19.5 Å². The second-order valence-corrected chi connectivity index (χ2v) is 9.47. The first kappa shape index (κ1) is 26.0. The van der Waals surface area contributed by atoms with Gasteiger partial charge >= 0.3 is 0 Å². The maximum atomic E-state index is 13.3. The highest BCUT2D eigenvalue weighted by molar-refractivity contribution is 6.46. The molecule has 1 aliphatic rings. The van der Waals surface area contributed by atoms with E-state index in [2.05, 4.69) is 13.8 Å². The molecule has 1 amide bonds. The topological polar surface area (TPSA) is 76.1 Å². The number of aliphatic hydroxyl groups is 1. The molecule has 1 heterocycles. The van der Waals surface area contributed by atoms with Crippen LogP contribution in [0.4, 0.5) is 0 Å². The van der Waals surface area contributed by atoms with Gasteiger partial charge in [0.05, 0.1) is 25.3 Å². The number of amides is 1. The van der Waals surface area contributed by atoms with Crippen LogP contribution in [0, 0.1) is 0 Å². The molecular formula is C31H33NO5. The molecule has 1 fully saturated rings. The normalized spacial score (nSPS) is 16.9. The van der Waals surface area contributed by atoms with Crippen LogP contribution in [0.3, 0.4) is 0 Å². The Morgan fingerprint density at radius 2 is 1.54 bits per heavy atom. The van der Waals surface area contributed by atoms with Crippen molar-refractivity contribution in [3.05, 3.63) is 101 Å². The first-order valence-electron chi connectivity index (χ1n) is 12.6. The molecule has 0 aromatic heterocycles. The monoisotopic (exact) mass is 499 g/mol. The Hall–Kier alpha value is -4.06. The zero-order valence-corrected chi connectivity index (χ0v) is 21.7. The molecule has 6 nitrogen and oxygen atoms in total. The zero-order chi connectivity index (χ0) is 26.5. The number of hydrogen-bond donors (Lipinski definition) is 1. The van der Waals surface area contributed by atoms with E-state index in [1.54, 1.807) is 31.4 Å². The number of likely N-dealkylation sites (tertiary alicyclic amines) is 1. The van der Waals surface area contributed by atoms with Crippen LogP contribution in [0.1, 0.15) is 61.4 Å². The SMILES string of the molecule is CCCOc1ccc(/C(O)=C2/C(=O)C(=O)N(Cc3ccc(OC)cc3)C2c2ccc(C(C)C)cc2)cc1. The quantitative estimate of drug-likeness (QED) is 0.215. The van der Waals surface area contributed by atoms with Crippen LogP contribution >= 0.6 is 0 Å². The lowest BCUT2D eigenvalue weighted by atomic mass is 9.93. The molecule has 1 N–H and O–H groups in total. The van der Waals surface area contributed by atoms with Crippen LogP contribution in [0.2, 0.25) is 0 Å². The predicted molar refractivity (Wildman–Crippen MR) is 144 cm³/mol. The molecule has 0 spiro atoms. The van der Waals surface area contributed by atoms with Crippen molar-refractivity contribution in [2.75, 3.05) is 13.7 Å². The number of carbonyl (C=O) groups is 2. The third-order valence-electron chi connectivity index (χ3n) is 6.57. The Morgan fingerprint density at radius 3 is 2.11 bits per heavy atom. The fraction of sp³-hybridized carbons (Fsp3) is 0.290. The number of ketones is 1. The van der Waals surface area contributed by atoms with Crippen molar-refractivity contribution in [1.29, 1.82) is 0 Å². The van der Waals surface area contributed by atoms with Gasteiger partial charge in [-0.15, -0.1) is 0 Å². The molecule has 0 aliphatic carbocycles. The summed E-state index contributed by atoms with van der Waals surface area (Å²) >= 11 is 0. The molecule has 4 rings (SSSR count). The molecule has 1 unspecified atom stereocenters. The van der Waals surface area contributed by atoms with Gasteiger partial charge in [0.2, 0.25) is 0 Å². The summed E-state index contributed by atoms with van der Waals surface area (Å²) in [5, 5.41) is 11.3. The number of aliphatic hydroxyl groups excluding tert-OH is 1. The molecule has 0 bridgehead atoms. The first-order valence-corrected chi connectivity index (χ1v) is 12.6. The summed E-state index contributed by atoms with van der Waals surface area (Å²) < 4.78 is 10.9. The standard InChI is InChI=1S/C31H33NO5/c1-5-18-37-26-16-12-24(13-17-26)29(33)27-28(23-10-8-22(9-11-23)20(2)3)32(31(35)30(27)34)19-21-6-14-25(36-4)15-7-21/h6-17,20,28,33H,5,18-19H2,1-4H3/b29-27-. The molecule has 1 aliphatic heterocycles. The van der Waals surface area contributed by atoms with E-state index in [9.17, 15) is 14.7 Å². The average Bonchev–Trinajstić information content (AvgIpc) is 3.17. The molecule has 6 heteroatoms. The number of benzene rings is 3. The zero-order valence-electron chi connectivity index (χ0n) is 21.7. The summed E-state index contributed by atoms with van der Waals surface area (Å²) in [6, 6.07) is 21.4. The molecule has 0 radical (unpaired) electrons. The fourth-order valence-electron chi connectivity index (χ4n) is 4.46. The minimum Gasteiger partial charge on any atom is -0.507 e. The van der Waals surface area contributed by atoms with E-state index >= 15 is 0 Å². The Bertz CT molecular complexity index is 1270. The van der Waals surface area contributed by atoms with Gasteiger partial charge in [0.15, 0.2) is 0 Å². The van der Waals surface area contributed by atoms with E-state index in [0.717, 1.165) is 23.1 Å². The van der Waals surface area contributed by atoms with E-state index in [1.807, 2.05) is 55.5 Å². The summed E-state index contributed by atoms with van der Waals surface area (Å²) in [5.41, 5.74) is 3.30. The van der Waals surface area contributed by atoms with Crippen molar-refractivity contribution in [2.24, 2.45) is 0 Å². The Morgan fingerprint density at radius 1 is 0.919 bits per heavy atom. The van der Waals surface area contributed by atoms with Crippen molar-refractivity contribution in [1.82, 2.24) is 4.90 Å². The van der Waals surface area contributed by atoms with E-state index in [0.29, 0.717) is 29.6 Å². The van der Waals surface area contributed by atoms with Crippen LogP contribution < -0.4 is 9.47 Å². The summed E-state index contributed by atoms with van der Waals surface area (Å²) in [7, 11) is 1.59. The van der Waals surface area contributed by atoms with Crippen LogP contribution in [-0.2, 0) is 16.1 Å². The first-order chi connectivity index (χ1) is 17.8. The Labute approximate surface area is 218 Å². The van der Waals surface area contributed by atoms with E-state index < -0.39 is 17.7 Å². The Balaban J connectivity index is 1.77. The van der Waals surface area contributed by atoms with E-state index in [1.165, 1.54) is 4.90 Å². The van der Waals surface area contributed by atoms with Gasteiger partial charge in [-0.25, -0.2) is 0 Å². The third-order valence-corrected chi connectivity index (χ3v) is 6.57. The minimum absolute atomic E-state index is 0.0815. The highest BCUT2D eigenvalue weighted by Crippen LogP contribution is 2.41.